The van der Waals surface area contributed by atoms with Crippen LogP contribution in [0.2, 0.25) is 10.0 Å². The zero-order valence-electron chi connectivity index (χ0n) is 17.8. The monoisotopic (exact) mass is 462 g/mol. The maximum atomic E-state index is 12.8. The van der Waals surface area contributed by atoms with Crippen LogP contribution < -0.4 is 10.6 Å². The number of nitrogens with zero attached hydrogens (tertiary/aromatic N) is 2. The van der Waals surface area contributed by atoms with Gasteiger partial charge >= 0.3 is 6.03 Å². The van der Waals surface area contributed by atoms with Crippen LogP contribution in [0.3, 0.4) is 0 Å². The first kappa shape index (κ1) is 23.5. The molecule has 0 radical (unpaired) electrons. The van der Waals surface area contributed by atoms with Crippen molar-refractivity contribution in [3.63, 3.8) is 0 Å². The molecule has 3 rings (SSSR count). The van der Waals surface area contributed by atoms with Crippen LogP contribution in [0, 0.1) is 11.8 Å². The van der Waals surface area contributed by atoms with E-state index < -0.39 is 6.03 Å². The highest BCUT2D eigenvalue weighted by molar-refractivity contribution is 6.36. The van der Waals surface area contributed by atoms with Crippen molar-refractivity contribution in [2.24, 2.45) is 11.8 Å². The molecule has 0 bridgehead atoms. The van der Waals surface area contributed by atoms with Gasteiger partial charge in [0.05, 0.1) is 10.7 Å². The summed E-state index contributed by atoms with van der Waals surface area (Å²) in [5.74, 6) is 0.786. The quantitative estimate of drug-likeness (QED) is 0.550. The fourth-order valence-electron chi connectivity index (χ4n) is 3.72. The molecule has 166 valence electrons. The van der Waals surface area contributed by atoms with E-state index in [2.05, 4.69) is 34.4 Å². The number of urea groups is 1. The molecule has 0 saturated carbocycles. The minimum absolute atomic E-state index is 0.0368. The summed E-state index contributed by atoms with van der Waals surface area (Å²) in [6.07, 6.45) is 3.39. The van der Waals surface area contributed by atoms with Crippen LogP contribution in [-0.4, -0.2) is 41.3 Å². The van der Waals surface area contributed by atoms with Gasteiger partial charge in [-0.25, -0.2) is 4.79 Å². The van der Waals surface area contributed by atoms with Crippen LogP contribution in [0.5, 0.6) is 0 Å². The first-order valence-electron chi connectivity index (χ1n) is 10.5. The molecule has 1 aromatic carbocycles. The van der Waals surface area contributed by atoms with Gasteiger partial charge in [0.2, 0.25) is 0 Å². The van der Waals surface area contributed by atoms with Gasteiger partial charge in [-0.05, 0) is 61.7 Å². The lowest BCUT2D eigenvalue weighted by Gasteiger charge is -2.32. The molecular weight excluding hydrogens is 435 g/mol. The normalized spacial score (nSPS) is 15.1. The molecule has 0 unspecified atom stereocenters. The van der Waals surface area contributed by atoms with Crippen LogP contribution in [0.4, 0.5) is 10.5 Å². The first-order chi connectivity index (χ1) is 14.8. The van der Waals surface area contributed by atoms with Crippen molar-refractivity contribution in [3.8, 4) is 0 Å². The van der Waals surface area contributed by atoms with Crippen molar-refractivity contribution in [2.45, 2.75) is 33.2 Å². The number of benzene rings is 1. The number of amides is 2. The van der Waals surface area contributed by atoms with E-state index in [-0.39, 0.29) is 18.2 Å². The summed E-state index contributed by atoms with van der Waals surface area (Å²) in [5, 5.41) is 6.29. The van der Waals surface area contributed by atoms with Gasteiger partial charge < -0.3 is 15.5 Å². The fraction of sp³-hybridized carbons (Fsp3) is 0.435. The van der Waals surface area contributed by atoms with Crippen molar-refractivity contribution in [3.05, 3.63) is 57.8 Å². The number of hydrogen-bond acceptors (Lipinski definition) is 4. The summed E-state index contributed by atoms with van der Waals surface area (Å²) in [6, 6.07) is 8.03. The average Bonchev–Trinajstić information content (AvgIpc) is 2.74. The smallest absolute Gasteiger partial charge is 0.319 e. The maximum Gasteiger partial charge on any atom is 0.319 e. The lowest BCUT2D eigenvalue weighted by atomic mass is 9.90. The molecule has 31 heavy (non-hydrogen) atoms. The molecule has 6 nitrogen and oxygen atoms in total. The van der Waals surface area contributed by atoms with E-state index >= 15 is 0 Å². The summed E-state index contributed by atoms with van der Waals surface area (Å²) in [4.78, 5) is 31.7. The molecule has 0 atom stereocenters. The Labute approximate surface area is 193 Å². The van der Waals surface area contributed by atoms with E-state index in [9.17, 15) is 9.59 Å². The van der Waals surface area contributed by atoms with Crippen LogP contribution in [-0.2, 0) is 6.54 Å². The molecule has 2 N–H and O–H groups in total. The number of carbonyl (C=O) groups is 2. The Kier molecular flexibility index (Phi) is 8.29. The van der Waals surface area contributed by atoms with Crippen molar-refractivity contribution in [1.82, 2.24) is 15.2 Å². The topological polar surface area (TPSA) is 74.3 Å². The number of pyridine rings is 1. The Balaban J connectivity index is 1.47. The zero-order valence-corrected chi connectivity index (χ0v) is 19.3. The second-order valence-electron chi connectivity index (χ2n) is 8.32. The minimum Gasteiger partial charge on any atom is -0.334 e. The van der Waals surface area contributed by atoms with E-state index in [1.807, 2.05) is 6.07 Å². The summed E-state index contributed by atoms with van der Waals surface area (Å²) >= 11 is 11.9. The number of hydrogen-bond donors (Lipinski definition) is 2. The molecular formula is C23H28Cl2N4O2. The Morgan fingerprint density at radius 3 is 2.52 bits per heavy atom. The fourth-order valence-corrected chi connectivity index (χ4v) is 4.17. The largest absolute Gasteiger partial charge is 0.334 e. The summed E-state index contributed by atoms with van der Waals surface area (Å²) in [6.45, 7) is 7.72. The minimum atomic E-state index is -0.391. The van der Waals surface area contributed by atoms with Crippen molar-refractivity contribution < 1.29 is 9.59 Å². The SMILES string of the molecule is CC(C)CN1CCC(C(=O)c2ccc(CNC(=O)Nc3ccc(Cl)cc3Cl)cn2)CC1. The van der Waals surface area contributed by atoms with Gasteiger partial charge in [-0.2, -0.15) is 0 Å². The van der Waals surface area contributed by atoms with Gasteiger partial charge in [0.1, 0.15) is 5.69 Å². The Hall–Kier alpha value is -2.15. The van der Waals surface area contributed by atoms with Gasteiger partial charge in [0.25, 0.3) is 0 Å². The van der Waals surface area contributed by atoms with E-state index in [4.69, 9.17) is 23.2 Å². The highest BCUT2D eigenvalue weighted by Crippen LogP contribution is 2.25. The van der Waals surface area contributed by atoms with Gasteiger partial charge in [-0.1, -0.05) is 43.1 Å². The van der Waals surface area contributed by atoms with Crippen molar-refractivity contribution in [2.75, 3.05) is 25.0 Å². The molecule has 2 heterocycles. The van der Waals surface area contributed by atoms with Crippen LogP contribution in [0.15, 0.2) is 36.5 Å². The van der Waals surface area contributed by atoms with Crippen molar-refractivity contribution in [1.29, 1.82) is 0 Å². The molecule has 1 aromatic heterocycles. The third-order valence-corrected chi connectivity index (χ3v) is 5.84. The van der Waals surface area contributed by atoms with E-state index in [0.717, 1.165) is 38.0 Å². The number of likely N-dealkylation sites (tertiary alicyclic amines) is 1. The van der Waals surface area contributed by atoms with Crippen molar-refractivity contribution >= 4 is 40.7 Å². The Bertz CT molecular complexity index is 910. The molecule has 1 fully saturated rings. The third kappa shape index (κ3) is 6.92. The maximum absolute atomic E-state index is 12.8. The second-order valence-corrected chi connectivity index (χ2v) is 9.16. The van der Waals surface area contributed by atoms with E-state index in [0.29, 0.717) is 27.3 Å². The van der Waals surface area contributed by atoms with Gasteiger partial charge in [0, 0.05) is 30.2 Å². The molecule has 8 heteroatoms. The molecule has 1 aliphatic rings. The average molecular weight is 463 g/mol. The van der Waals surface area contributed by atoms with Gasteiger partial charge in [-0.15, -0.1) is 0 Å². The number of anilines is 1. The zero-order chi connectivity index (χ0) is 22.4. The second kappa shape index (κ2) is 10.9. The lowest BCUT2D eigenvalue weighted by Crippen LogP contribution is -2.38. The number of rotatable bonds is 7. The number of carbonyl (C=O) groups excluding carboxylic acids is 2. The molecule has 1 saturated heterocycles. The number of aromatic nitrogens is 1. The standard InChI is InChI=1S/C23H28Cl2N4O2/c1-15(2)14-29-9-7-17(8-10-29)22(30)21-5-3-16(12-26-21)13-27-23(31)28-20-6-4-18(24)11-19(20)25/h3-6,11-12,15,17H,7-10,13-14H2,1-2H3,(H2,27,28,31). The lowest BCUT2D eigenvalue weighted by molar-refractivity contribution is 0.0826. The molecule has 2 aromatic rings. The Morgan fingerprint density at radius 1 is 1.16 bits per heavy atom. The number of piperidine rings is 1. The Morgan fingerprint density at radius 2 is 1.90 bits per heavy atom. The molecule has 0 aliphatic carbocycles. The first-order valence-corrected chi connectivity index (χ1v) is 11.3. The number of Topliss-reactive ketones (excluding diaryl/α,β-unsaturated/α-hetero) is 1. The predicted molar refractivity (Wildman–Crippen MR) is 125 cm³/mol. The molecule has 2 amide bonds. The van der Waals surface area contributed by atoms with Crippen LogP contribution in [0.1, 0.15) is 42.7 Å². The predicted octanol–water partition coefficient (Wildman–Crippen LogP) is 5.26. The summed E-state index contributed by atoms with van der Waals surface area (Å²) in [5.41, 5.74) is 1.77. The highest BCUT2D eigenvalue weighted by Gasteiger charge is 2.26. The summed E-state index contributed by atoms with van der Waals surface area (Å²) in [7, 11) is 0. The highest BCUT2D eigenvalue weighted by atomic mass is 35.5. The molecule has 0 spiro atoms. The van der Waals surface area contributed by atoms with Gasteiger partial charge in [-0.3, -0.25) is 9.78 Å². The van der Waals surface area contributed by atoms with Crippen LogP contribution in [0.25, 0.3) is 0 Å². The molecule has 1 aliphatic heterocycles. The van der Waals surface area contributed by atoms with Gasteiger partial charge in [0.15, 0.2) is 5.78 Å². The number of halogens is 2. The number of nitrogens with one attached hydrogen (secondary N) is 2. The van der Waals surface area contributed by atoms with E-state index in [1.54, 1.807) is 30.5 Å². The third-order valence-electron chi connectivity index (χ3n) is 5.29. The number of ketones is 1. The van der Waals surface area contributed by atoms with Crippen LogP contribution >= 0.6 is 23.2 Å². The summed E-state index contributed by atoms with van der Waals surface area (Å²) < 4.78 is 0. The van der Waals surface area contributed by atoms with E-state index in [1.165, 1.54) is 0 Å².